The van der Waals surface area contributed by atoms with Gasteiger partial charge in [-0.25, -0.2) is 13.1 Å². The number of aromatic amines is 1. The summed E-state index contributed by atoms with van der Waals surface area (Å²) >= 11 is 0.998. The van der Waals surface area contributed by atoms with E-state index in [1.54, 1.807) is 5.38 Å². The first-order valence-corrected chi connectivity index (χ1v) is 6.41. The van der Waals surface area contributed by atoms with Crippen LogP contribution in [0.4, 0.5) is 0 Å². The monoisotopic (exact) mass is 237 g/mol. The van der Waals surface area contributed by atoms with Gasteiger partial charge in [0.1, 0.15) is 0 Å². The summed E-state index contributed by atoms with van der Waals surface area (Å²) in [5.74, 6) is -0.110. The second-order valence-corrected chi connectivity index (χ2v) is 5.37. The van der Waals surface area contributed by atoms with Gasteiger partial charge in [0.2, 0.25) is 10.0 Å². The number of sulfonamides is 1. The van der Waals surface area contributed by atoms with Crippen LogP contribution < -0.4 is 15.3 Å². The first kappa shape index (κ1) is 11.4. The lowest BCUT2D eigenvalue weighted by atomic mass is 10.5. The zero-order valence-electron chi connectivity index (χ0n) is 7.32. The normalized spacial score (nSPS) is 11.8. The molecule has 8 heteroatoms. The Balaban J connectivity index is 2.53. The highest BCUT2D eigenvalue weighted by atomic mass is 32.2. The van der Waals surface area contributed by atoms with Crippen LogP contribution in [0.25, 0.3) is 0 Å². The molecule has 14 heavy (non-hydrogen) atoms. The summed E-state index contributed by atoms with van der Waals surface area (Å²) in [6.07, 6.45) is 0. The van der Waals surface area contributed by atoms with Crippen LogP contribution in [-0.2, 0) is 16.6 Å². The molecule has 0 unspecified atom stereocenters. The zero-order chi connectivity index (χ0) is 10.6. The van der Waals surface area contributed by atoms with Crippen molar-refractivity contribution in [2.75, 3.05) is 12.3 Å². The molecule has 0 aliphatic heterocycles. The van der Waals surface area contributed by atoms with Crippen molar-refractivity contribution in [3.05, 3.63) is 20.7 Å². The molecular formula is C6H11N3O3S2. The molecular weight excluding hydrogens is 226 g/mol. The topological polar surface area (TPSA) is 105 Å². The Hall–Kier alpha value is -0.700. The standard InChI is InChI=1S/C6H11N3O3S2/c7-1-2-14(11,12)8-3-5-4-13-6(10)9-5/h4,8H,1-3,7H2,(H,9,10). The molecule has 0 aliphatic rings. The van der Waals surface area contributed by atoms with E-state index in [0.717, 1.165) is 11.3 Å². The van der Waals surface area contributed by atoms with Crippen molar-refractivity contribution in [2.24, 2.45) is 5.73 Å². The summed E-state index contributed by atoms with van der Waals surface area (Å²) in [5.41, 5.74) is 5.67. The maximum absolute atomic E-state index is 11.1. The molecule has 0 bridgehead atoms. The molecule has 0 amide bonds. The fourth-order valence-corrected chi connectivity index (χ4v) is 2.23. The number of thiazole rings is 1. The highest BCUT2D eigenvalue weighted by Crippen LogP contribution is 1.95. The number of hydrogen-bond donors (Lipinski definition) is 3. The molecule has 6 nitrogen and oxygen atoms in total. The minimum absolute atomic E-state index is 0.0789. The molecule has 1 aromatic rings. The highest BCUT2D eigenvalue weighted by Gasteiger charge is 2.08. The van der Waals surface area contributed by atoms with Crippen molar-refractivity contribution < 1.29 is 8.42 Å². The Morgan fingerprint density at radius 2 is 2.29 bits per heavy atom. The number of nitrogens with one attached hydrogen (secondary N) is 2. The summed E-state index contributed by atoms with van der Waals surface area (Å²) in [6.45, 7) is 0.177. The molecule has 0 saturated heterocycles. The average molecular weight is 237 g/mol. The SMILES string of the molecule is NCCS(=O)(=O)NCc1csc(=O)[nH]1. The molecule has 0 atom stereocenters. The maximum atomic E-state index is 11.1. The summed E-state index contributed by atoms with van der Waals surface area (Å²) < 4.78 is 24.6. The van der Waals surface area contributed by atoms with Crippen molar-refractivity contribution in [3.63, 3.8) is 0 Å². The van der Waals surface area contributed by atoms with E-state index in [2.05, 4.69) is 9.71 Å². The smallest absolute Gasteiger partial charge is 0.304 e. The van der Waals surface area contributed by atoms with Crippen LogP contribution >= 0.6 is 11.3 Å². The molecule has 4 N–H and O–H groups in total. The first-order chi connectivity index (χ1) is 6.53. The molecule has 1 heterocycles. The number of rotatable bonds is 5. The third-order valence-corrected chi connectivity index (χ3v) is 3.52. The molecule has 0 saturated carbocycles. The number of H-pyrrole nitrogens is 1. The van der Waals surface area contributed by atoms with E-state index in [9.17, 15) is 13.2 Å². The number of hydrogen-bond acceptors (Lipinski definition) is 5. The van der Waals surface area contributed by atoms with Gasteiger partial charge in [0, 0.05) is 17.6 Å². The lowest BCUT2D eigenvalue weighted by Gasteiger charge is -2.02. The van der Waals surface area contributed by atoms with Crippen LogP contribution in [0.5, 0.6) is 0 Å². The Kier molecular flexibility index (Phi) is 3.81. The van der Waals surface area contributed by atoms with Crippen molar-refractivity contribution in [3.8, 4) is 0 Å². The van der Waals surface area contributed by atoms with Gasteiger partial charge < -0.3 is 10.7 Å². The van der Waals surface area contributed by atoms with Crippen molar-refractivity contribution >= 4 is 21.4 Å². The van der Waals surface area contributed by atoms with E-state index in [4.69, 9.17) is 5.73 Å². The summed E-state index contributed by atoms with van der Waals surface area (Å²) in [6, 6.07) is 0. The van der Waals surface area contributed by atoms with Crippen LogP contribution in [0.3, 0.4) is 0 Å². The van der Waals surface area contributed by atoms with E-state index < -0.39 is 10.0 Å². The molecule has 80 valence electrons. The van der Waals surface area contributed by atoms with Crippen LogP contribution in [0.2, 0.25) is 0 Å². The molecule has 0 spiro atoms. The predicted octanol–water partition coefficient (Wildman–Crippen LogP) is -1.19. The van der Waals surface area contributed by atoms with E-state index >= 15 is 0 Å². The quantitative estimate of drug-likeness (QED) is 0.599. The Bertz CT molecular complexity index is 433. The third kappa shape index (κ3) is 3.58. The third-order valence-electron chi connectivity index (χ3n) is 1.44. The van der Waals surface area contributed by atoms with Crippen LogP contribution in [-0.4, -0.2) is 25.7 Å². The van der Waals surface area contributed by atoms with Gasteiger partial charge in [-0.05, 0) is 0 Å². The summed E-state index contributed by atoms with van der Waals surface area (Å²) in [4.78, 5) is 13.0. The molecule has 0 fully saturated rings. The van der Waals surface area contributed by atoms with Gasteiger partial charge >= 0.3 is 4.87 Å². The Morgan fingerprint density at radius 3 is 2.79 bits per heavy atom. The van der Waals surface area contributed by atoms with Crippen molar-refractivity contribution in [1.82, 2.24) is 9.71 Å². The van der Waals surface area contributed by atoms with Gasteiger partial charge in [-0.15, -0.1) is 0 Å². The predicted molar refractivity (Wildman–Crippen MR) is 54.6 cm³/mol. The van der Waals surface area contributed by atoms with Crippen molar-refractivity contribution in [1.29, 1.82) is 0 Å². The van der Waals surface area contributed by atoms with E-state index in [1.165, 1.54) is 0 Å². The van der Waals surface area contributed by atoms with Gasteiger partial charge in [0.25, 0.3) is 0 Å². The van der Waals surface area contributed by atoms with Gasteiger partial charge in [0.15, 0.2) is 0 Å². The van der Waals surface area contributed by atoms with E-state index in [1.807, 2.05) is 0 Å². The average Bonchev–Trinajstić information content (AvgIpc) is 2.48. The minimum Gasteiger partial charge on any atom is -0.329 e. The van der Waals surface area contributed by atoms with Crippen LogP contribution in [0.1, 0.15) is 5.69 Å². The first-order valence-electron chi connectivity index (χ1n) is 3.87. The van der Waals surface area contributed by atoms with E-state index in [0.29, 0.717) is 5.69 Å². The van der Waals surface area contributed by atoms with Gasteiger partial charge in [-0.3, -0.25) is 4.79 Å². The second kappa shape index (κ2) is 4.69. The Labute approximate surface area is 85.2 Å². The maximum Gasteiger partial charge on any atom is 0.304 e. The van der Waals surface area contributed by atoms with Gasteiger partial charge in [-0.2, -0.15) is 0 Å². The van der Waals surface area contributed by atoms with Crippen LogP contribution in [0.15, 0.2) is 10.2 Å². The number of nitrogens with two attached hydrogens (primary N) is 1. The molecule has 1 rings (SSSR count). The Morgan fingerprint density at radius 1 is 1.57 bits per heavy atom. The summed E-state index contributed by atoms with van der Waals surface area (Å²) in [5, 5.41) is 1.58. The largest absolute Gasteiger partial charge is 0.329 e. The van der Waals surface area contributed by atoms with Crippen LogP contribution in [0, 0.1) is 0 Å². The fraction of sp³-hybridized carbons (Fsp3) is 0.500. The zero-order valence-corrected chi connectivity index (χ0v) is 8.95. The lowest BCUT2D eigenvalue weighted by Crippen LogP contribution is -2.29. The number of aromatic nitrogens is 1. The fourth-order valence-electron chi connectivity index (χ4n) is 0.816. The molecule has 0 aliphatic carbocycles. The van der Waals surface area contributed by atoms with Crippen molar-refractivity contribution in [2.45, 2.75) is 6.54 Å². The van der Waals surface area contributed by atoms with Gasteiger partial charge in [-0.1, -0.05) is 11.3 Å². The van der Waals surface area contributed by atoms with Gasteiger partial charge in [0.05, 0.1) is 12.3 Å². The second-order valence-electron chi connectivity index (χ2n) is 2.60. The highest BCUT2D eigenvalue weighted by molar-refractivity contribution is 7.89. The summed E-state index contributed by atoms with van der Waals surface area (Å²) in [7, 11) is -3.31. The molecule has 0 radical (unpaired) electrons. The molecule has 1 aromatic heterocycles. The lowest BCUT2D eigenvalue weighted by molar-refractivity contribution is 0.580. The van der Waals surface area contributed by atoms with E-state index in [-0.39, 0.29) is 23.7 Å². The minimum atomic E-state index is -3.31. The molecule has 0 aromatic carbocycles.